The third-order valence-electron chi connectivity index (χ3n) is 4.02. The number of amides is 2. The van der Waals surface area contributed by atoms with Crippen molar-refractivity contribution in [1.29, 1.82) is 0 Å². The van der Waals surface area contributed by atoms with Gasteiger partial charge in [0.25, 0.3) is 0 Å². The standard InChI is InChI=1S/C22H26N4O2/c1-17-7-11-19(12-8-17)15-23-25-21(27)5-3-4-6-22(28)26-24-16-20-13-9-18(2)10-14-20/h7-16H,3-6H2,1-2H3,(H,25,27)(H,26,28). The second-order valence-electron chi connectivity index (χ2n) is 6.61. The molecule has 0 aromatic heterocycles. The fraction of sp³-hybridized carbons (Fsp3) is 0.273. The lowest BCUT2D eigenvalue weighted by atomic mass is 10.2. The molecule has 0 saturated carbocycles. The number of nitrogens with one attached hydrogen (secondary N) is 2. The molecule has 6 heteroatoms. The molecule has 2 aromatic carbocycles. The molecule has 28 heavy (non-hydrogen) atoms. The predicted octanol–water partition coefficient (Wildman–Crippen LogP) is 3.46. The van der Waals surface area contributed by atoms with Crippen molar-refractivity contribution in [3.8, 4) is 0 Å². The summed E-state index contributed by atoms with van der Waals surface area (Å²) in [4.78, 5) is 23.5. The number of carbonyl (C=O) groups is 2. The summed E-state index contributed by atoms with van der Waals surface area (Å²) >= 11 is 0. The van der Waals surface area contributed by atoms with E-state index in [0.717, 1.165) is 11.1 Å². The molecule has 146 valence electrons. The van der Waals surface area contributed by atoms with E-state index >= 15 is 0 Å². The lowest BCUT2D eigenvalue weighted by Gasteiger charge is -2.01. The van der Waals surface area contributed by atoms with E-state index in [1.807, 2.05) is 62.4 Å². The van der Waals surface area contributed by atoms with E-state index in [0.29, 0.717) is 25.7 Å². The third-order valence-corrected chi connectivity index (χ3v) is 4.02. The third kappa shape index (κ3) is 8.40. The van der Waals surface area contributed by atoms with E-state index in [1.54, 1.807) is 12.4 Å². The van der Waals surface area contributed by atoms with Crippen molar-refractivity contribution in [2.24, 2.45) is 10.2 Å². The summed E-state index contributed by atoms with van der Waals surface area (Å²) in [6.45, 7) is 4.03. The average molecular weight is 378 g/mol. The molecule has 0 atom stereocenters. The van der Waals surface area contributed by atoms with Crippen LogP contribution in [0.3, 0.4) is 0 Å². The normalized spacial score (nSPS) is 11.1. The molecule has 0 saturated heterocycles. The topological polar surface area (TPSA) is 82.9 Å². The van der Waals surface area contributed by atoms with Gasteiger partial charge in [-0.05, 0) is 37.8 Å². The molecular formula is C22H26N4O2. The van der Waals surface area contributed by atoms with Crippen LogP contribution in [0.2, 0.25) is 0 Å². The van der Waals surface area contributed by atoms with Crippen LogP contribution in [0.4, 0.5) is 0 Å². The highest BCUT2D eigenvalue weighted by molar-refractivity contribution is 5.83. The number of carbonyl (C=O) groups excluding carboxylic acids is 2. The van der Waals surface area contributed by atoms with Crippen LogP contribution in [0.15, 0.2) is 58.7 Å². The summed E-state index contributed by atoms with van der Waals surface area (Å²) in [5.41, 5.74) is 9.19. The quantitative estimate of drug-likeness (QED) is 0.398. The molecule has 2 rings (SSSR count). The van der Waals surface area contributed by atoms with Crippen molar-refractivity contribution in [2.45, 2.75) is 39.5 Å². The van der Waals surface area contributed by atoms with Gasteiger partial charge in [-0.25, -0.2) is 10.9 Å². The molecule has 0 heterocycles. The molecule has 0 radical (unpaired) electrons. The summed E-state index contributed by atoms with van der Waals surface area (Å²) < 4.78 is 0. The first-order valence-electron chi connectivity index (χ1n) is 9.30. The minimum atomic E-state index is -0.166. The van der Waals surface area contributed by atoms with Crippen molar-refractivity contribution in [3.63, 3.8) is 0 Å². The minimum absolute atomic E-state index is 0.166. The van der Waals surface area contributed by atoms with Gasteiger partial charge in [0.2, 0.25) is 11.8 Å². The van der Waals surface area contributed by atoms with E-state index in [2.05, 4.69) is 21.1 Å². The van der Waals surface area contributed by atoms with Gasteiger partial charge in [0, 0.05) is 12.8 Å². The van der Waals surface area contributed by atoms with Gasteiger partial charge < -0.3 is 0 Å². The SMILES string of the molecule is Cc1ccc(C=NNC(=O)CCCCC(=O)NN=Cc2ccc(C)cc2)cc1. The molecule has 6 nitrogen and oxygen atoms in total. The lowest BCUT2D eigenvalue weighted by Crippen LogP contribution is -2.19. The zero-order valence-corrected chi connectivity index (χ0v) is 16.3. The Balaban J connectivity index is 1.57. The van der Waals surface area contributed by atoms with E-state index in [-0.39, 0.29) is 11.8 Å². The Kier molecular flexibility index (Phi) is 8.59. The fourth-order valence-electron chi connectivity index (χ4n) is 2.35. The number of benzene rings is 2. The maximum absolute atomic E-state index is 11.7. The molecule has 0 spiro atoms. The molecule has 0 aliphatic rings. The molecule has 2 amide bonds. The second kappa shape index (κ2) is 11.4. The number of nitrogens with zero attached hydrogens (tertiary/aromatic N) is 2. The maximum Gasteiger partial charge on any atom is 0.240 e. The van der Waals surface area contributed by atoms with Crippen molar-refractivity contribution >= 4 is 24.2 Å². The zero-order valence-electron chi connectivity index (χ0n) is 16.3. The molecular weight excluding hydrogens is 352 g/mol. The van der Waals surface area contributed by atoms with Gasteiger partial charge in [0.05, 0.1) is 12.4 Å². The van der Waals surface area contributed by atoms with Gasteiger partial charge in [-0.2, -0.15) is 10.2 Å². The Morgan fingerprint density at radius 1 is 0.714 bits per heavy atom. The number of hydrazone groups is 2. The maximum atomic E-state index is 11.7. The number of hydrogen-bond acceptors (Lipinski definition) is 4. The molecule has 0 aliphatic carbocycles. The average Bonchev–Trinajstić information content (AvgIpc) is 2.68. The summed E-state index contributed by atoms with van der Waals surface area (Å²) in [6.07, 6.45) is 5.09. The first-order valence-corrected chi connectivity index (χ1v) is 9.30. The Morgan fingerprint density at radius 3 is 1.43 bits per heavy atom. The van der Waals surface area contributed by atoms with Gasteiger partial charge >= 0.3 is 0 Å². The van der Waals surface area contributed by atoms with Crippen molar-refractivity contribution in [2.75, 3.05) is 0 Å². The number of rotatable bonds is 9. The predicted molar refractivity (Wildman–Crippen MR) is 112 cm³/mol. The highest BCUT2D eigenvalue weighted by atomic mass is 16.2. The van der Waals surface area contributed by atoms with Crippen LogP contribution in [0.1, 0.15) is 47.9 Å². The molecule has 0 bridgehead atoms. The summed E-state index contributed by atoms with van der Waals surface area (Å²) in [5, 5.41) is 7.87. The molecule has 2 aromatic rings. The van der Waals surface area contributed by atoms with Crippen molar-refractivity contribution in [3.05, 3.63) is 70.8 Å². The minimum Gasteiger partial charge on any atom is -0.273 e. The first kappa shape index (κ1) is 21.0. The van der Waals surface area contributed by atoms with Crippen molar-refractivity contribution < 1.29 is 9.59 Å². The molecule has 0 aliphatic heterocycles. The van der Waals surface area contributed by atoms with Gasteiger partial charge in [-0.1, -0.05) is 59.7 Å². The van der Waals surface area contributed by atoms with E-state index in [4.69, 9.17) is 0 Å². The Labute approximate surface area is 165 Å². The highest BCUT2D eigenvalue weighted by Crippen LogP contribution is 2.02. The van der Waals surface area contributed by atoms with Crippen LogP contribution in [-0.2, 0) is 9.59 Å². The van der Waals surface area contributed by atoms with Crippen LogP contribution in [0.25, 0.3) is 0 Å². The number of aryl methyl sites for hydroxylation is 2. The number of hydrogen-bond donors (Lipinski definition) is 2. The van der Waals surface area contributed by atoms with Crippen LogP contribution >= 0.6 is 0 Å². The first-order chi connectivity index (χ1) is 13.5. The van der Waals surface area contributed by atoms with Crippen LogP contribution in [0.5, 0.6) is 0 Å². The van der Waals surface area contributed by atoms with Crippen LogP contribution in [-0.4, -0.2) is 24.2 Å². The Morgan fingerprint density at radius 2 is 1.07 bits per heavy atom. The summed E-state index contributed by atoms with van der Waals surface area (Å²) in [6, 6.07) is 15.7. The molecule has 0 fully saturated rings. The van der Waals surface area contributed by atoms with Gasteiger partial charge in [-0.3, -0.25) is 9.59 Å². The molecule has 0 unspecified atom stereocenters. The van der Waals surface area contributed by atoms with E-state index < -0.39 is 0 Å². The summed E-state index contributed by atoms with van der Waals surface area (Å²) in [7, 11) is 0. The van der Waals surface area contributed by atoms with E-state index in [9.17, 15) is 9.59 Å². The zero-order chi connectivity index (χ0) is 20.2. The van der Waals surface area contributed by atoms with Gasteiger partial charge in [-0.15, -0.1) is 0 Å². The second-order valence-corrected chi connectivity index (χ2v) is 6.61. The Bertz CT molecular complexity index is 753. The molecule has 2 N–H and O–H groups in total. The van der Waals surface area contributed by atoms with Crippen LogP contribution < -0.4 is 10.9 Å². The smallest absolute Gasteiger partial charge is 0.240 e. The van der Waals surface area contributed by atoms with Gasteiger partial charge in [0.15, 0.2) is 0 Å². The monoisotopic (exact) mass is 378 g/mol. The highest BCUT2D eigenvalue weighted by Gasteiger charge is 2.03. The van der Waals surface area contributed by atoms with Gasteiger partial charge in [0.1, 0.15) is 0 Å². The lowest BCUT2D eigenvalue weighted by molar-refractivity contribution is -0.123. The fourth-order valence-corrected chi connectivity index (χ4v) is 2.35. The largest absolute Gasteiger partial charge is 0.273 e. The summed E-state index contributed by atoms with van der Waals surface area (Å²) in [5.74, 6) is -0.331. The van der Waals surface area contributed by atoms with E-state index in [1.165, 1.54) is 11.1 Å². The number of unbranched alkanes of at least 4 members (excludes halogenated alkanes) is 1. The van der Waals surface area contributed by atoms with Crippen LogP contribution in [0, 0.1) is 13.8 Å². The van der Waals surface area contributed by atoms with Crippen molar-refractivity contribution in [1.82, 2.24) is 10.9 Å². The Hall–Kier alpha value is -3.28.